The number of carbonyl (C=O) groups is 1. The lowest BCUT2D eigenvalue weighted by molar-refractivity contribution is 0.0986. The van der Waals surface area contributed by atoms with Crippen LogP contribution in [0, 0.1) is 12.7 Å². The molecule has 2 aromatic rings. The molecule has 2 N–H and O–H groups in total. The summed E-state index contributed by atoms with van der Waals surface area (Å²) in [6.45, 7) is 2.77. The van der Waals surface area contributed by atoms with Crippen molar-refractivity contribution in [3.8, 4) is 0 Å². The van der Waals surface area contributed by atoms with E-state index in [1.807, 2.05) is 6.92 Å². The molecule has 0 spiro atoms. The number of amides is 1. The van der Waals surface area contributed by atoms with Crippen molar-refractivity contribution in [3.63, 3.8) is 0 Å². The van der Waals surface area contributed by atoms with E-state index in [0.717, 1.165) is 5.56 Å². The maximum atomic E-state index is 13.4. The number of nitrogens with zero attached hydrogens (tertiary/aromatic N) is 2. The fraction of sp³-hybridized carbons (Fsp3) is 0.250. The van der Waals surface area contributed by atoms with Gasteiger partial charge in [0, 0.05) is 24.6 Å². The van der Waals surface area contributed by atoms with Crippen molar-refractivity contribution in [2.24, 2.45) is 5.73 Å². The molecule has 0 saturated heterocycles. The molecule has 5 heteroatoms. The second-order valence-electron chi connectivity index (χ2n) is 4.83. The van der Waals surface area contributed by atoms with Gasteiger partial charge in [0.15, 0.2) is 0 Å². The lowest BCUT2D eigenvalue weighted by atomic mass is 10.1. The van der Waals surface area contributed by atoms with E-state index >= 15 is 0 Å². The zero-order valence-corrected chi connectivity index (χ0v) is 11.9. The normalized spacial score (nSPS) is 10.4. The maximum Gasteiger partial charge on any atom is 0.259 e. The molecule has 4 nitrogen and oxygen atoms in total. The number of anilines is 1. The number of aryl methyl sites for hydroxylation is 1. The summed E-state index contributed by atoms with van der Waals surface area (Å²) in [5.41, 5.74) is 7.43. The van der Waals surface area contributed by atoms with Gasteiger partial charge >= 0.3 is 0 Å². The Bertz CT molecular complexity index is 630. The van der Waals surface area contributed by atoms with Crippen LogP contribution < -0.4 is 10.6 Å². The van der Waals surface area contributed by atoms with Crippen LogP contribution in [-0.4, -0.2) is 24.0 Å². The Hall–Kier alpha value is -2.27. The van der Waals surface area contributed by atoms with Gasteiger partial charge in [-0.15, -0.1) is 0 Å². The number of rotatable bonds is 5. The third-order valence-corrected chi connectivity index (χ3v) is 3.07. The topological polar surface area (TPSA) is 59.2 Å². The van der Waals surface area contributed by atoms with Gasteiger partial charge in [0.05, 0.1) is 5.56 Å². The standard InChI is InChI=1S/C16H18FN3O/c1-12-8-13(11-19-10-12)16(21)20(7-3-6-18)15-5-2-4-14(17)9-15/h2,4-5,8-11H,3,6-7,18H2,1H3. The van der Waals surface area contributed by atoms with Gasteiger partial charge in [-0.2, -0.15) is 0 Å². The molecule has 0 aliphatic carbocycles. The minimum atomic E-state index is -0.375. The molecular weight excluding hydrogens is 269 g/mol. The van der Waals surface area contributed by atoms with E-state index in [2.05, 4.69) is 4.98 Å². The summed E-state index contributed by atoms with van der Waals surface area (Å²) in [6.07, 6.45) is 3.84. The van der Waals surface area contributed by atoms with Crippen molar-refractivity contribution in [3.05, 3.63) is 59.7 Å². The van der Waals surface area contributed by atoms with Gasteiger partial charge in [0.2, 0.25) is 0 Å². The summed E-state index contributed by atoms with van der Waals surface area (Å²) in [4.78, 5) is 18.2. The number of carbonyl (C=O) groups excluding carboxylic acids is 1. The molecule has 0 fully saturated rings. The molecule has 0 radical (unpaired) electrons. The minimum absolute atomic E-state index is 0.203. The van der Waals surface area contributed by atoms with E-state index in [4.69, 9.17) is 5.73 Å². The molecule has 2 rings (SSSR count). The first-order chi connectivity index (χ1) is 10.1. The van der Waals surface area contributed by atoms with Crippen molar-refractivity contribution in [1.82, 2.24) is 4.98 Å². The quantitative estimate of drug-likeness (QED) is 0.919. The first kappa shape index (κ1) is 15.1. The van der Waals surface area contributed by atoms with Gasteiger partial charge in [-0.1, -0.05) is 6.07 Å². The van der Waals surface area contributed by atoms with Gasteiger partial charge in [0.1, 0.15) is 5.82 Å². The third-order valence-electron chi connectivity index (χ3n) is 3.07. The number of pyridine rings is 1. The van der Waals surface area contributed by atoms with Crippen molar-refractivity contribution < 1.29 is 9.18 Å². The maximum absolute atomic E-state index is 13.4. The van der Waals surface area contributed by atoms with Crippen molar-refractivity contribution in [1.29, 1.82) is 0 Å². The summed E-state index contributed by atoms with van der Waals surface area (Å²) in [7, 11) is 0. The summed E-state index contributed by atoms with van der Waals surface area (Å²) in [5.74, 6) is -0.578. The highest BCUT2D eigenvalue weighted by atomic mass is 19.1. The van der Waals surface area contributed by atoms with Gasteiger partial charge in [-0.25, -0.2) is 4.39 Å². The van der Waals surface area contributed by atoms with Crippen LogP contribution in [0.5, 0.6) is 0 Å². The second-order valence-corrected chi connectivity index (χ2v) is 4.83. The summed E-state index contributed by atoms with van der Waals surface area (Å²) in [6, 6.07) is 7.76. The van der Waals surface area contributed by atoms with Crippen molar-refractivity contribution in [2.45, 2.75) is 13.3 Å². The highest BCUT2D eigenvalue weighted by molar-refractivity contribution is 6.06. The molecule has 110 valence electrons. The van der Waals surface area contributed by atoms with Crippen LogP contribution in [0.25, 0.3) is 0 Å². The van der Waals surface area contributed by atoms with E-state index < -0.39 is 0 Å². The van der Waals surface area contributed by atoms with E-state index in [0.29, 0.717) is 30.8 Å². The predicted octanol–water partition coefficient (Wildman–Crippen LogP) is 2.52. The van der Waals surface area contributed by atoms with E-state index in [1.165, 1.54) is 23.2 Å². The summed E-state index contributed by atoms with van der Waals surface area (Å²) >= 11 is 0. The van der Waals surface area contributed by atoms with Crippen LogP contribution in [0.1, 0.15) is 22.3 Å². The Balaban J connectivity index is 2.33. The first-order valence-corrected chi connectivity index (χ1v) is 6.81. The molecule has 1 heterocycles. The number of hydrogen-bond donors (Lipinski definition) is 1. The second kappa shape index (κ2) is 6.95. The molecule has 1 amide bonds. The molecule has 1 aromatic carbocycles. The smallest absolute Gasteiger partial charge is 0.259 e. The molecule has 0 aliphatic heterocycles. The monoisotopic (exact) mass is 287 g/mol. The van der Waals surface area contributed by atoms with Crippen LogP contribution in [0.15, 0.2) is 42.7 Å². The van der Waals surface area contributed by atoms with Crippen LogP contribution >= 0.6 is 0 Å². The average molecular weight is 287 g/mol. The Morgan fingerprint density at radius 1 is 1.33 bits per heavy atom. The molecule has 0 saturated carbocycles. The number of benzene rings is 1. The predicted molar refractivity (Wildman–Crippen MR) is 80.7 cm³/mol. The summed E-state index contributed by atoms with van der Waals surface area (Å²) in [5, 5.41) is 0. The lowest BCUT2D eigenvalue weighted by Crippen LogP contribution is -2.33. The zero-order valence-electron chi connectivity index (χ0n) is 11.9. The number of hydrogen-bond acceptors (Lipinski definition) is 3. The highest BCUT2D eigenvalue weighted by Gasteiger charge is 2.18. The molecule has 0 atom stereocenters. The summed E-state index contributed by atoms with van der Waals surface area (Å²) < 4.78 is 13.4. The van der Waals surface area contributed by atoms with Gasteiger partial charge < -0.3 is 10.6 Å². The number of nitrogens with two attached hydrogens (primary N) is 1. The molecule has 0 unspecified atom stereocenters. The fourth-order valence-electron chi connectivity index (χ4n) is 2.07. The van der Waals surface area contributed by atoms with E-state index in [-0.39, 0.29) is 11.7 Å². The molecule has 21 heavy (non-hydrogen) atoms. The Morgan fingerprint density at radius 2 is 2.14 bits per heavy atom. The van der Waals surface area contributed by atoms with Crippen LogP contribution in [0.2, 0.25) is 0 Å². The molecule has 1 aromatic heterocycles. The number of aromatic nitrogens is 1. The largest absolute Gasteiger partial charge is 0.330 e. The first-order valence-electron chi connectivity index (χ1n) is 6.81. The van der Waals surface area contributed by atoms with Crippen molar-refractivity contribution in [2.75, 3.05) is 18.0 Å². The fourth-order valence-corrected chi connectivity index (χ4v) is 2.07. The average Bonchev–Trinajstić information content (AvgIpc) is 2.47. The van der Waals surface area contributed by atoms with Gasteiger partial charge in [0.25, 0.3) is 5.91 Å². The highest BCUT2D eigenvalue weighted by Crippen LogP contribution is 2.19. The van der Waals surface area contributed by atoms with Crippen LogP contribution in [0.3, 0.4) is 0 Å². The zero-order chi connectivity index (χ0) is 15.2. The van der Waals surface area contributed by atoms with Crippen LogP contribution in [0.4, 0.5) is 10.1 Å². The Morgan fingerprint density at radius 3 is 2.81 bits per heavy atom. The third kappa shape index (κ3) is 3.86. The van der Waals surface area contributed by atoms with Gasteiger partial charge in [-0.3, -0.25) is 9.78 Å². The van der Waals surface area contributed by atoms with Gasteiger partial charge in [-0.05, 0) is 49.7 Å². The molecule has 0 aliphatic rings. The number of halogens is 1. The SMILES string of the molecule is Cc1cncc(C(=O)N(CCCN)c2cccc(F)c2)c1. The Kier molecular flexibility index (Phi) is 5.00. The lowest BCUT2D eigenvalue weighted by Gasteiger charge is -2.23. The Labute approximate surface area is 123 Å². The molecular formula is C16H18FN3O. The van der Waals surface area contributed by atoms with Crippen LogP contribution in [-0.2, 0) is 0 Å². The van der Waals surface area contributed by atoms with Crippen molar-refractivity contribution >= 4 is 11.6 Å². The van der Waals surface area contributed by atoms with E-state index in [9.17, 15) is 9.18 Å². The minimum Gasteiger partial charge on any atom is -0.330 e. The van der Waals surface area contributed by atoms with E-state index in [1.54, 1.807) is 24.4 Å². The molecule has 0 bridgehead atoms.